The lowest BCUT2D eigenvalue weighted by molar-refractivity contribution is -0.137. The van der Waals surface area contributed by atoms with Crippen molar-refractivity contribution in [2.45, 2.75) is 40.0 Å². The molecular weight excluding hydrogens is 244 g/mol. The van der Waals surface area contributed by atoms with Gasteiger partial charge in [-0.2, -0.15) is 0 Å². The summed E-state index contributed by atoms with van der Waals surface area (Å²) < 4.78 is 0. The SMILES string of the molecule is CC(C)(C)CCCNC(=O)CCN1C(=O)C=CC1=O. The van der Waals surface area contributed by atoms with Crippen LogP contribution in [0, 0.1) is 5.41 Å². The molecular formula is C14H22N2O3. The summed E-state index contributed by atoms with van der Waals surface area (Å²) in [6.07, 6.45) is 4.58. The molecule has 1 aliphatic heterocycles. The average Bonchev–Trinajstić information content (AvgIpc) is 2.61. The van der Waals surface area contributed by atoms with Crippen molar-refractivity contribution in [2.75, 3.05) is 13.1 Å². The van der Waals surface area contributed by atoms with Gasteiger partial charge in [-0.25, -0.2) is 0 Å². The largest absolute Gasteiger partial charge is 0.356 e. The average molecular weight is 266 g/mol. The Morgan fingerprint density at radius 1 is 1.21 bits per heavy atom. The van der Waals surface area contributed by atoms with Gasteiger partial charge >= 0.3 is 0 Å². The van der Waals surface area contributed by atoms with Crippen molar-refractivity contribution in [3.63, 3.8) is 0 Å². The number of carbonyl (C=O) groups is 3. The van der Waals surface area contributed by atoms with Crippen LogP contribution in [0.3, 0.4) is 0 Å². The molecule has 0 saturated heterocycles. The zero-order valence-corrected chi connectivity index (χ0v) is 11.9. The van der Waals surface area contributed by atoms with E-state index in [9.17, 15) is 14.4 Å². The van der Waals surface area contributed by atoms with E-state index in [2.05, 4.69) is 26.1 Å². The summed E-state index contributed by atoms with van der Waals surface area (Å²) in [4.78, 5) is 35.1. The second-order valence-electron chi connectivity index (χ2n) is 5.93. The van der Waals surface area contributed by atoms with Crippen LogP contribution in [0.4, 0.5) is 0 Å². The summed E-state index contributed by atoms with van der Waals surface area (Å²) in [6.45, 7) is 7.26. The van der Waals surface area contributed by atoms with E-state index >= 15 is 0 Å². The Morgan fingerprint density at radius 3 is 2.32 bits per heavy atom. The van der Waals surface area contributed by atoms with Gasteiger partial charge < -0.3 is 5.32 Å². The Morgan fingerprint density at radius 2 is 1.79 bits per heavy atom. The molecule has 5 nitrogen and oxygen atoms in total. The smallest absolute Gasteiger partial charge is 0.253 e. The molecule has 0 aliphatic carbocycles. The Hall–Kier alpha value is -1.65. The van der Waals surface area contributed by atoms with Gasteiger partial charge in [0.25, 0.3) is 11.8 Å². The first kappa shape index (κ1) is 15.4. The maximum absolute atomic E-state index is 11.6. The van der Waals surface area contributed by atoms with E-state index in [4.69, 9.17) is 0 Å². The van der Waals surface area contributed by atoms with Crippen molar-refractivity contribution >= 4 is 17.7 Å². The minimum atomic E-state index is -0.342. The molecule has 0 fully saturated rings. The van der Waals surface area contributed by atoms with Crippen LogP contribution in [-0.2, 0) is 14.4 Å². The van der Waals surface area contributed by atoms with Crippen molar-refractivity contribution in [1.82, 2.24) is 10.2 Å². The second-order valence-corrected chi connectivity index (χ2v) is 5.93. The van der Waals surface area contributed by atoms with Crippen LogP contribution in [0.5, 0.6) is 0 Å². The van der Waals surface area contributed by atoms with Crippen LogP contribution >= 0.6 is 0 Å². The number of nitrogens with zero attached hydrogens (tertiary/aromatic N) is 1. The number of nitrogens with one attached hydrogen (secondary N) is 1. The number of rotatable bonds is 6. The minimum absolute atomic E-state index is 0.124. The third kappa shape index (κ3) is 5.68. The van der Waals surface area contributed by atoms with E-state index in [0.29, 0.717) is 6.54 Å². The normalized spacial score (nSPS) is 15.2. The van der Waals surface area contributed by atoms with Gasteiger partial charge in [-0.05, 0) is 18.3 Å². The van der Waals surface area contributed by atoms with E-state index < -0.39 is 0 Å². The molecule has 0 aromatic heterocycles. The Labute approximate surface area is 114 Å². The third-order valence-corrected chi connectivity index (χ3v) is 2.89. The standard InChI is InChI=1S/C14H22N2O3/c1-14(2,3)8-4-9-15-11(17)7-10-16-12(18)5-6-13(16)19/h5-6H,4,7-10H2,1-3H3,(H,15,17). The van der Waals surface area contributed by atoms with Crippen LogP contribution in [0.15, 0.2) is 12.2 Å². The number of hydrogen-bond acceptors (Lipinski definition) is 3. The molecule has 0 radical (unpaired) electrons. The lowest BCUT2D eigenvalue weighted by Gasteiger charge is -2.18. The molecule has 1 N–H and O–H groups in total. The van der Waals surface area contributed by atoms with Gasteiger partial charge in [-0.15, -0.1) is 0 Å². The van der Waals surface area contributed by atoms with E-state index in [0.717, 1.165) is 17.7 Å². The maximum Gasteiger partial charge on any atom is 0.253 e. The molecule has 0 bridgehead atoms. The minimum Gasteiger partial charge on any atom is -0.356 e. The van der Waals surface area contributed by atoms with E-state index in [1.165, 1.54) is 12.2 Å². The topological polar surface area (TPSA) is 66.5 Å². The van der Waals surface area contributed by atoms with Crippen molar-refractivity contribution in [3.8, 4) is 0 Å². The Balaban J connectivity index is 2.15. The fraction of sp³-hybridized carbons (Fsp3) is 0.643. The molecule has 1 rings (SSSR count). The fourth-order valence-corrected chi connectivity index (χ4v) is 1.80. The summed E-state index contributed by atoms with van der Waals surface area (Å²) in [6, 6.07) is 0. The quantitative estimate of drug-likeness (QED) is 0.581. The number of hydrogen-bond donors (Lipinski definition) is 1. The molecule has 0 spiro atoms. The van der Waals surface area contributed by atoms with Gasteiger partial charge in [-0.3, -0.25) is 19.3 Å². The zero-order valence-electron chi connectivity index (χ0n) is 11.9. The lowest BCUT2D eigenvalue weighted by atomic mass is 9.91. The lowest BCUT2D eigenvalue weighted by Crippen LogP contribution is -2.35. The van der Waals surface area contributed by atoms with Crippen LogP contribution in [0.25, 0.3) is 0 Å². The Kier molecular flexibility index (Phi) is 5.27. The highest BCUT2D eigenvalue weighted by atomic mass is 16.2. The van der Waals surface area contributed by atoms with Crippen LogP contribution < -0.4 is 5.32 Å². The summed E-state index contributed by atoms with van der Waals surface area (Å²) in [5.74, 6) is -0.808. The van der Waals surface area contributed by atoms with Gasteiger partial charge in [0.15, 0.2) is 0 Å². The van der Waals surface area contributed by atoms with Crippen LogP contribution in [0.1, 0.15) is 40.0 Å². The van der Waals surface area contributed by atoms with Gasteiger partial charge in [-0.1, -0.05) is 20.8 Å². The predicted octanol–water partition coefficient (Wildman–Crippen LogP) is 1.24. The van der Waals surface area contributed by atoms with Crippen LogP contribution in [-0.4, -0.2) is 35.7 Å². The molecule has 0 aromatic carbocycles. The van der Waals surface area contributed by atoms with Crippen molar-refractivity contribution < 1.29 is 14.4 Å². The Bertz CT molecular complexity index is 376. The van der Waals surface area contributed by atoms with E-state index in [-0.39, 0.29) is 36.1 Å². The number of imide groups is 1. The summed E-state index contributed by atoms with van der Waals surface area (Å²) >= 11 is 0. The van der Waals surface area contributed by atoms with Crippen molar-refractivity contribution in [2.24, 2.45) is 5.41 Å². The molecule has 19 heavy (non-hydrogen) atoms. The first-order valence-corrected chi connectivity index (χ1v) is 6.60. The van der Waals surface area contributed by atoms with Gasteiger partial charge in [0.2, 0.25) is 5.91 Å². The first-order chi connectivity index (χ1) is 8.79. The van der Waals surface area contributed by atoms with Gasteiger partial charge in [0, 0.05) is 31.7 Å². The second kappa shape index (κ2) is 6.50. The number of carbonyl (C=O) groups excluding carboxylic acids is 3. The van der Waals surface area contributed by atoms with Gasteiger partial charge in [0.05, 0.1) is 0 Å². The third-order valence-electron chi connectivity index (χ3n) is 2.89. The molecule has 0 unspecified atom stereocenters. The fourth-order valence-electron chi connectivity index (χ4n) is 1.80. The molecule has 0 aromatic rings. The van der Waals surface area contributed by atoms with Gasteiger partial charge in [0.1, 0.15) is 0 Å². The van der Waals surface area contributed by atoms with E-state index in [1.807, 2.05) is 0 Å². The monoisotopic (exact) mass is 266 g/mol. The molecule has 1 aliphatic rings. The molecule has 5 heteroatoms. The predicted molar refractivity (Wildman–Crippen MR) is 72.2 cm³/mol. The highest BCUT2D eigenvalue weighted by Crippen LogP contribution is 2.19. The highest BCUT2D eigenvalue weighted by molar-refractivity contribution is 6.13. The highest BCUT2D eigenvalue weighted by Gasteiger charge is 2.23. The molecule has 1 heterocycles. The molecule has 3 amide bonds. The number of amides is 3. The summed E-state index contributed by atoms with van der Waals surface area (Å²) in [7, 11) is 0. The molecule has 0 saturated carbocycles. The van der Waals surface area contributed by atoms with Crippen molar-refractivity contribution in [1.29, 1.82) is 0 Å². The van der Waals surface area contributed by atoms with Crippen molar-refractivity contribution in [3.05, 3.63) is 12.2 Å². The summed E-state index contributed by atoms with van der Waals surface area (Å²) in [5, 5.41) is 2.80. The molecule has 0 atom stereocenters. The van der Waals surface area contributed by atoms with E-state index in [1.54, 1.807) is 0 Å². The maximum atomic E-state index is 11.6. The summed E-state index contributed by atoms with van der Waals surface area (Å²) in [5.41, 5.74) is 0.269. The molecule has 106 valence electrons. The first-order valence-electron chi connectivity index (χ1n) is 6.60. The zero-order chi connectivity index (χ0) is 14.5. The van der Waals surface area contributed by atoms with Crippen LogP contribution in [0.2, 0.25) is 0 Å².